The fourth-order valence-electron chi connectivity index (χ4n) is 6.89. The van der Waals surface area contributed by atoms with Gasteiger partial charge in [0.15, 0.2) is 0 Å². The molecule has 3 aliphatic rings. The van der Waals surface area contributed by atoms with Crippen molar-refractivity contribution in [1.29, 1.82) is 0 Å². The summed E-state index contributed by atoms with van der Waals surface area (Å²) in [5, 5.41) is 9.01. The van der Waals surface area contributed by atoms with Crippen molar-refractivity contribution in [2.24, 2.45) is 17.8 Å². The first-order chi connectivity index (χ1) is 20.0. The molecular weight excluding hydrogens is 531 g/mol. The minimum absolute atomic E-state index is 0. The third kappa shape index (κ3) is 9.29. The Balaban J connectivity index is 0.000000310. The first-order valence-electron chi connectivity index (χ1n) is 16.0. The lowest BCUT2D eigenvalue weighted by Gasteiger charge is -2.47. The van der Waals surface area contributed by atoms with Gasteiger partial charge in [-0.05, 0) is 66.6 Å². The van der Waals surface area contributed by atoms with Gasteiger partial charge in [-0.25, -0.2) is 4.39 Å². The number of carboxylic acid groups (broad SMARTS) is 1. The SMILES string of the molecule is C1CCC(C2CCCCC2)CC1.CCCCCOc1ccc(C2C(CCC(=O)O)C(=O)N2c2ccc(F)cc2)cc1.N. The molecule has 1 aliphatic heterocycles. The second-order valence-corrected chi connectivity index (χ2v) is 12.1. The molecule has 2 aliphatic carbocycles. The number of unbranched alkanes of at least 4 members (excludes halogenated alkanes) is 2. The van der Waals surface area contributed by atoms with Crippen LogP contribution in [-0.2, 0) is 9.59 Å². The molecule has 2 saturated carbocycles. The summed E-state index contributed by atoms with van der Waals surface area (Å²) in [4.78, 5) is 25.3. The van der Waals surface area contributed by atoms with E-state index < -0.39 is 11.9 Å². The third-order valence-corrected chi connectivity index (χ3v) is 9.19. The van der Waals surface area contributed by atoms with Gasteiger partial charge in [0.05, 0.1) is 18.6 Å². The summed E-state index contributed by atoms with van der Waals surface area (Å²) in [5.41, 5.74) is 1.51. The Morgan fingerprint density at radius 3 is 1.98 bits per heavy atom. The minimum atomic E-state index is -0.924. The lowest BCUT2D eigenvalue weighted by molar-refractivity contribution is -0.138. The van der Waals surface area contributed by atoms with Gasteiger partial charge in [0.25, 0.3) is 0 Å². The van der Waals surface area contributed by atoms with Gasteiger partial charge in [-0.2, -0.15) is 0 Å². The molecule has 3 fully saturated rings. The number of rotatable bonds is 11. The van der Waals surface area contributed by atoms with Crippen LogP contribution in [-0.4, -0.2) is 23.6 Å². The van der Waals surface area contributed by atoms with Crippen LogP contribution in [0, 0.1) is 23.6 Å². The van der Waals surface area contributed by atoms with Crippen LogP contribution in [0.5, 0.6) is 5.75 Å². The summed E-state index contributed by atoms with van der Waals surface area (Å²) in [6.07, 6.45) is 18.9. The molecule has 1 amide bonds. The van der Waals surface area contributed by atoms with Crippen LogP contribution in [0.25, 0.3) is 0 Å². The van der Waals surface area contributed by atoms with Crippen molar-refractivity contribution in [2.75, 3.05) is 11.5 Å². The van der Waals surface area contributed by atoms with Crippen molar-refractivity contribution in [3.05, 3.63) is 59.9 Å². The van der Waals surface area contributed by atoms with Crippen LogP contribution in [0.1, 0.15) is 115 Å². The number of carbonyl (C=O) groups is 2. The molecule has 2 unspecified atom stereocenters. The van der Waals surface area contributed by atoms with Crippen LogP contribution >= 0.6 is 0 Å². The molecule has 0 aromatic heterocycles. The van der Waals surface area contributed by atoms with E-state index in [0.29, 0.717) is 12.3 Å². The highest BCUT2D eigenvalue weighted by Crippen LogP contribution is 2.46. The Bertz CT molecular complexity index is 1060. The zero-order chi connectivity index (χ0) is 29.0. The number of ether oxygens (including phenoxy) is 1. The van der Waals surface area contributed by atoms with E-state index in [1.165, 1.54) is 50.7 Å². The number of hydrogen-bond donors (Lipinski definition) is 2. The van der Waals surface area contributed by atoms with E-state index in [1.54, 1.807) is 42.7 Å². The summed E-state index contributed by atoms with van der Waals surface area (Å²) in [6, 6.07) is 13.1. The molecule has 1 heterocycles. The van der Waals surface area contributed by atoms with Crippen molar-refractivity contribution in [3.8, 4) is 5.75 Å². The maximum Gasteiger partial charge on any atom is 0.303 e. The molecule has 2 aromatic rings. The van der Waals surface area contributed by atoms with E-state index in [0.717, 1.165) is 42.4 Å². The number of anilines is 1. The summed E-state index contributed by atoms with van der Waals surface area (Å²) in [6.45, 7) is 2.81. The first-order valence-corrected chi connectivity index (χ1v) is 16.0. The molecular formula is C35H51FN2O4. The highest BCUT2D eigenvalue weighted by atomic mass is 19.1. The van der Waals surface area contributed by atoms with Crippen molar-refractivity contribution >= 4 is 17.6 Å². The predicted molar refractivity (Wildman–Crippen MR) is 167 cm³/mol. The highest BCUT2D eigenvalue weighted by molar-refractivity contribution is 6.03. The van der Waals surface area contributed by atoms with Crippen LogP contribution in [0.4, 0.5) is 10.1 Å². The number of amides is 1. The van der Waals surface area contributed by atoms with Gasteiger partial charge in [-0.1, -0.05) is 96.1 Å². The van der Waals surface area contributed by atoms with E-state index in [9.17, 15) is 14.0 Å². The van der Waals surface area contributed by atoms with Gasteiger partial charge in [-0.3, -0.25) is 9.59 Å². The Hall–Kier alpha value is -2.93. The molecule has 0 radical (unpaired) electrons. The number of halogens is 1. The lowest BCUT2D eigenvalue weighted by Crippen LogP contribution is -2.55. The smallest absolute Gasteiger partial charge is 0.303 e. The summed E-state index contributed by atoms with van der Waals surface area (Å²) in [7, 11) is 0. The molecule has 2 aromatic carbocycles. The monoisotopic (exact) mass is 582 g/mol. The van der Waals surface area contributed by atoms with Crippen LogP contribution < -0.4 is 15.8 Å². The Morgan fingerprint density at radius 1 is 0.881 bits per heavy atom. The molecule has 4 N–H and O–H groups in total. The van der Waals surface area contributed by atoms with E-state index in [2.05, 4.69) is 6.92 Å². The topological polar surface area (TPSA) is 102 Å². The maximum absolute atomic E-state index is 13.3. The van der Waals surface area contributed by atoms with Gasteiger partial charge >= 0.3 is 5.97 Å². The standard InChI is InChI=1S/C23H26FNO4.C12H22.H3N/c1-2-3-4-15-29-19-11-5-16(6-12-19)22-20(13-14-21(26)27)23(28)25(22)18-9-7-17(24)8-10-18;1-3-7-11(8-4-1)12-9-5-2-6-10-12;/h5-12,20,22H,2-4,13-15H2,1H3,(H,26,27);11-12H,1-10H2;1H3. The molecule has 6 nitrogen and oxygen atoms in total. The molecule has 2 atom stereocenters. The second kappa shape index (κ2) is 17.3. The number of hydrogen-bond acceptors (Lipinski definition) is 4. The molecule has 0 spiro atoms. The largest absolute Gasteiger partial charge is 0.494 e. The van der Waals surface area contributed by atoms with Crippen molar-refractivity contribution in [1.82, 2.24) is 6.15 Å². The second-order valence-electron chi connectivity index (χ2n) is 12.1. The Labute approximate surface area is 251 Å². The van der Waals surface area contributed by atoms with E-state index >= 15 is 0 Å². The first kappa shape index (κ1) is 33.6. The Kier molecular flexibility index (Phi) is 13.8. The maximum atomic E-state index is 13.3. The average Bonchev–Trinajstić information content (AvgIpc) is 3.00. The van der Waals surface area contributed by atoms with E-state index in [-0.39, 0.29) is 36.8 Å². The van der Waals surface area contributed by atoms with Crippen LogP contribution in [0.15, 0.2) is 48.5 Å². The zero-order valence-corrected chi connectivity index (χ0v) is 25.4. The van der Waals surface area contributed by atoms with Gasteiger partial charge in [0, 0.05) is 12.1 Å². The minimum Gasteiger partial charge on any atom is -0.494 e. The van der Waals surface area contributed by atoms with E-state index in [4.69, 9.17) is 9.84 Å². The normalized spacial score (nSPS) is 21.0. The molecule has 7 heteroatoms. The van der Waals surface area contributed by atoms with Crippen molar-refractivity contribution < 1.29 is 23.8 Å². The van der Waals surface area contributed by atoms with E-state index in [1.807, 2.05) is 24.3 Å². The van der Waals surface area contributed by atoms with Crippen LogP contribution in [0.3, 0.4) is 0 Å². The number of nitrogens with zero attached hydrogens (tertiary/aromatic N) is 1. The number of carboxylic acids is 1. The van der Waals surface area contributed by atoms with Gasteiger partial charge in [-0.15, -0.1) is 0 Å². The molecule has 0 bridgehead atoms. The molecule has 1 saturated heterocycles. The third-order valence-electron chi connectivity index (χ3n) is 9.19. The fourth-order valence-corrected chi connectivity index (χ4v) is 6.89. The summed E-state index contributed by atoms with van der Waals surface area (Å²) in [5.74, 6) is 1.21. The van der Waals surface area contributed by atoms with Gasteiger partial charge < -0.3 is 20.9 Å². The number of β-lactam (4-membered cyclic amide) rings is 1. The fraction of sp³-hybridized carbons (Fsp3) is 0.600. The van der Waals surface area contributed by atoms with Gasteiger partial charge in [0.1, 0.15) is 11.6 Å². The number of benzene rings is 2. The van der Waals surface area contributed by atoms with Crippen molar-refractivity contribution in [3.63, 3.8) is 0 Å². The zero-order valence-electron chi connectivity index (χ0n) is 25.4. The molecule has 232 valence electrons. The summed E-state index contributed by atoms with van der Waals surface area (Å²) >= 11 is 0. The van der Waals surface area contributed by atoms with Gasteiger partial charge in [0.2, 0.25) is 5.91 Å². The predicted octanol–water partition coefficient (Wildman–Crippen LogP) is 9.27. The number of carbonyl (C=O) groups excluding carboxylic acids is 1. The number of aliphatic carboxylic acids is 1. The summed E-state index contributed by atoms with van der Waals surface area (Å²) < 4.78 is 19.0. The Morgan fingerprint density at radius 2 is 1.45 bits per heavy atom. The van der Waals surface area contributed by atoms with Crippen LogP contribution in [0.2, 0.25) is 0 Å². The average molecular weight is 583 g/mol. The lowest BCUT2D eigenvalue weighted by atomic mass is 9.73. The quantitative estimate of drug-likeness (QED) is 0.203. The molecule has 42 heavy (non-hydrogen) atoms. The molecule has 5 rings (SSSR count). The highest BCUT2D eigenvalue weighted by Gasteiger charge is 2.48. The van der Waals surface area contributed by atoms with Crippen molar-refractivity contribution in [2.45, 2.75) is 109 Å².